The number of rotatable bonds is 10. The molecule has 0 fully saturated rings. The van der Waals surface area contributed by atoms with E-state index in [4.69, 9.17) is 0 Å². The summed E-state index contributed by atoms with van der Waals surface area (Å²) in [4.78, 5) is 0. The van der Waals surface area contributed by atoms with E-state index >= 15 is 0 Å². The summed E-state index contributed by atoms with van der Waals surface area (Å²) in [5, 5.41) is 3.44. The Labute approximate surface area is 108 Å². The zero-order valence-electron chi connectivity index (χ0n) is 8.72. The van der Waals surface area contributed by atoms with Gasteiger partial charge in [-0.05, 0) is 0 Å². The summed E-state index contributed by atoms with van der Waals surface area (Å²) in [7, 11) is -5.92. The van der Waals surface area contributed by atoms with Crippen molar-refractivity contribution in [2.24, 2.45) is 0 Å². The highest BCUT2D eigenvalue weighted by molar-refractivity contribution is 7.95. The maximum absolute atomic E-state index is 12.6. The molecular weight excluding hydrogens is 328 g/mol. The maximum atomic E-state index is 12.6. The fourth-order valence-electron chi connectivity index (χ4n) is 0.540. The Balaban J connectivity index is 3.88. The number of hydrogen-bond donors (Lipinski definition) is 0. The van der Waals surface area contributed by atoms with Crippen LogP contribution >= 0.6 is 12.0 Å². The molecule has 0 aromatic rings. The van der Waals surface area contributed by atoms with Crippen LogP contribution in [0.1, 0.15) is 0 Å². The van der Waals surface area contributed by atoms with Gasteiger partial charge in [0.25, 0.3) is 0 Å². The van der Waals surface area contributed by atoms with Gasteiger partial charge in [-0.1, -0.05) is 0 Å². The normalized spacial score (nSPS) is 13.8. The van der Waals surface area contributed by atoms with Crippen molar-refractivity contribution >= 4 is 22.2 Å². The third-order valence-corrected chi connectivity index (χ3v) is 2.59. The van der Waals surface area contributed by atoms with Gasteiger partial charge in [0.1, 0.15) is 32.0 Å². The van der Waals surface area contributed by atoms with Gasteiger partial charge in [0, 0.05) is 0 Å². The van der Waals surface area contributed by atoms with E-state index in [0.29, 0.717) is 0 Å². The van der Waals surface area contributed by atoms with Gasteiger partial charge in [-0.15, -0.1) is 0 Å². The van der Waals surface area contributed by atoms with Crippen LogP contribution < -0.4 is 5.26 Å². The van der Waals surface area contributed by atoms with E-state index in [9.17, 15) is 35.8 Å². The molecule has 0 atom stereocenters. The number of ether oxygens (including phenoxy) is 2. The van der Waals surface area contributed by atoms with Gasteiger partial charge < -0.3 is 19.3 Å². The Hall–Kier alpha value is -0.220. The molecule has 0 amide bonds. The first kappa shape index (κ1) is 18.8. The smallest absolute Gasteiger partial charge is 0.357 e. The first-order valence-electron chi connectivity index (χ1n) is 4.03. The predicted octanol–water partition coefficient (Wildman–Crippen LogP) is -0.420. The summed E-state index contributed by atoms with van der Waals surface area (Å²) >= 11 is -0.696. The highest BCUT2D eigenvalue weighted by Gasteiger charge is 2.38. The molecule has 0 radical (unpaired) electrons. The highest BCUT2D eigenvalue weighted by atomic mass is 32.2. The van der Waals surface area contributed by atoms with E-state index in [0.717, 1.165) is 0 Å². The average molecular weight is 334 g/mol. The number of alkyl halides is 4. The lowest BCUT2D eigenvalue weighted by atomic mass is 10.7. The molecule has 0 aliphatic rings. The second kappa shape index (κ2) is 7.53. The van der Waals surface area contributed by atoms with E-state index in [1.165, 1.54) is 0 Å². The van der Waals surface area contributed by atoms with Crippen molar-refractivity contribution in [3.8, 4) is 0 Å². The lowest BCUT2D eigenvalue weighted by Gasteiger charge is -2.20. The van der Waals surface area contributed by atoms with Crippen LogP contribution in [0.4, 0.5) is 17.6 Å². The third-order valence-electron chi connectivity index (χ3n) is 1.26. The van der Waals surface area contributed by atoms with Crippen LogP contribution in [-0.4, -0.2) is 43.5 Å². The lowest BCUT2D eigenvalue weighted by molar-refractivity contribution is -0.777. The van der Waals surface area contributed by atoms with E-state index in [2.05, 4.69) is 18.8 Å². The summed E-state index contributed by atoms with van der Waals surface area (Å²) in [5.41, 5.74) is 0. The highest BCUT2D eigenvalue weighted by Crippen LogP contribution is 2.29. The molecule has 0 unspecified atom stereocenters. The molecule has 0 aliphatic carbocycles. The second-order valence-corrected chi connectivity index (χ2v) is 5.17. The molecule has 0 saturated heterocycles. The first-order chi connectivity index (χ1) is 8.52. The fraction of sp³-hybridized carbons (Fsp3) is 1.00. The SMILES string of the molecule is O=S(=O)([O-])C(F)(F)COCOCC(F)(F)SOO[O-]. The van der Waals surface area contributed by atoms with Crippen LogP contribution in [0.5, 0.6) is 0 Å². The van der Waals surface area contributed by atoms with Crippen LogP contribution in [0, 0.1) is 0 Å². The molecule has 0 aliphatic heterocycles. The Morgan fingerprint density at radius 1 is 1.11 bits per heavy atom. The zero-order chi connectivity index (χ0) is 15.2. The molecule has 0 aromatic heterocycles. The summed E-state index contributed by atoms with van der Waals surface area (Å²) in [5.74, 6) is 0. The molecule has 0 spiro atoms. The van der Waals surface area contributed by atoms with Crippen molar-refractivity contribution in [2.75, 3.05) is 20.0 Å². The topological polar surface area (TPSA) is 117 Å². The maximum Gasteiger partial charge on any atom is 0.357 e. The molecular formula is C5H6F4O8S2-2. The molecule has 19 heavy (non-hydrogen) atoms. The minimum Gasteiger partial charge on any atom is -0.743 e. The Kier molecular flexibility index (Phi) is 7.45. The van der Waals surface area contributed by atoms with Crippen LogP contribution in [-0.2, 0) is 29.0 Å². The molecule has 0 saturated carbocycles. The fourth-order valence-corrected chi connectivity index (χ4v) is 1.03. The van der Waals surface area contributed by atoms with Gasteiger partial charge in [-0.25, -0.2) is 8.42 Å². The van der Waals surface area contributed by atoms with Crippen LogP contribution in [0.25, 0.3) is 0 Å². The molecule has 116 valence electrons. The zero-order valence-corrected chi connectivity index (χ0v) is 10.3. The number of hydrogen-bond acceptors (Lipinski definition) is 9. The van der Waals surface area contributed by atoms with Crippen molar-refractivity contribution in [3.05, 3.63) is 0 Å². The first-order valence-corrected chi connectivity index (χ1v) is 6.18. The van der Waals surface area contributed by atoms with Crippen molar-refractivity contribution in [1.29, 1.82) is 0 Å². The molecule has 0 rings (SSSR count). The van der Waals surface area contributed by atoms with Gasteiger partial charge in [0.15, 0.2) is 10.1 Å². The summed E-state index contributed by atoms with van der Waals surface area (Å²) in [6.45, 7) is -4.39. The van der Waals surface area contributed by atoms with Crippen LogP contribution in [0.2, 0.25) is 0 Å². The summed E-state index contributed by atoms with van der Waals surface area (Å²) in [6, 6.07) is 0. The molecule has 0 N–H and O–H groups in total. The van der Waals surface area contributed by atoms with E-state index in [1.54, 1.807) is 0 Å². The Morgan fingerprint density at radius 2 is 1.63 bits per heavy atom. The Morgan fingerprint density at radius 3 is 2.11 bits per heavy atom. The molecule has 0 heterocycles. The predicted molar refractivity (Wildman–Crippen MR) is 46.1 cm³/mol. The lowest BCUT2D eigenvalue weighted by Crippen LogP contribution is -2.34. The van der Waals surface area contributed by atoms with E-state index < -0.39 is 52.7 Å². The van der Waals surface area contributed by atoms with Crippen molar-refractivity contribution < 1.29 is 54.6 Å². The van der Waals surface area contributed by atoms with Crippen LogP contribution in [0.15, 0.2) is 0 Å². The average Bonchev–Trinajstić information content (AvgIpc) is 2.24. The quantitative estimate of drug-likeness (QED) is 0.0998. The van der Waals surface area contributed by atoms with Crippen molar-refractivity contribution in [1.82, 2.24) is 0 Å². The molecule has 0 bridgehead atoms. The molecule has 8 nitrogen and oxygen atoms in total. The minimum atomic E-state index is -5.92. The molecule has 0 aromatic carbocycles. The Bertz CT molecular complexity index is 360. The van der Waals surface area contributed by atoms with Gasteiger partial charge >= 0.3 is 10.5 Å². The minimum absolute atomic E-state index is 0.696. The van der Waals surface area contributed by atoms with Crippen molar-refractivity contribution in [2.45, 2.75) is 10.5 Å². The monoisotopic (exact) mass is 334 g/mol. The standard InChI is InChI=1S/C5H8F4O8S2/c6-4(7,18-17-16-10)1-14-3-15-2-5(8,9)19(11,12)13/h10H,1-3H2,(H,11,12,13)/p-2. The van der Waals surface area contributed by atoms with Gasteiger partial charge in [0.05, 0.1) is 0 Å². The van der Waals surface area contributed by atoms with Crippen molar-refractivity contribution in [3.63, 3.8) is 0 Å². The van der Waals surface area contributed by atoms with E-state index in [-0.39, 0.29) is 0 Å². The largest absolute Gasteiger partial charge is 0.743 e. The van der Waals surface area contributed by atoms with Gasteiger partial charge in [-0.3, -0.25) is 5.04 Å². The summed E-state index contributed by atoms with van der Waals surface area (Å²) in [6.07, 6.45) is 0. The molecule has 14 heteroatoms. The van der Waals surface area contributed by atoms with E-state index in [1.807, 2.05) is 0 Å². The van der Waals surface area contributed by atoms with Crippen LogP contribution in [0.3, 0.4) is 0 Å². The third kappa shape index (κ3) is 7.83. The number of halogens is 4. The van der Waals surface area contributed by atoms with Gasteiger partial charge in [0.2, 0.25) is 0 Å². The summed E-state index contributed by atoms with van der Waals surface area (Å²) < 4.78 is 91.3. The van der Waals surface area contributed by atoms with Gasteiger partial charge in [-0.2, -0.15) is 21.9 Å². The second-order valence-electron chi connectivity index (χ2n) is 2.76.